The Morgan fingerprint density at radius 1 is 1.05 bits per heavy atom. The lowest BCUT2D eigenvalue weighted by Gasteiger charge is -2.53. The van der Waals surface area contributed by atoms with Crippen LogP contribution in [0.5, 0.6) is 0 Å². The largest absolute Gasteiger partial charge is 0.393 e. The maximum atomic E-state index is 6.47. The van der Waals surface area contributed by atoms with Crippen molar-refractivity contribution in [1.29, 1.82) is 0 Å². The molecule has 1 fully saturated rings. The zero-order valence-corrected chi connectivity index (χ0v) is 16.0. The summed E-state index contributed by atoms with van der Waals surface area (Å²) in [7, 11) is -2.34. The first-order chi connectivity index (χ1) is 10.0. The highest BCUT2D eigenvalue weighted by Crippen LogP contribution is 2.48. The SMILES string of the molecule is CCOC1(CC)C(CC(C)C)CCC[Si]1(OCC)OCC. The van der Waals surface area contributed by atoms with Gasteiger partial charge in [-0.3, -0.25) is 0 Å². The van der Waals surface area contributed by atoms with E-state index in [9.17, 15) is 0 Å². The van der Waals surface area contributed by atoms with Gasteiger partial charge in [0.1, 0.15) is 5.22 Å². The van der Waals surface area contributed by atoms with Gasteiger partial charge in [-0.05, 0) is 57.9 Å². The predicted octanol–water partition coefficient (Wildman–Crippen LogP) is 4.68. The molecular formula is C17H36O3Si. The van der Waals surface area contributed by atoms with Crippen LogP contribution in [0.15, 0.2) is 0 Å². The van der Waals surface area contributed by atoms with Crippen LogP contribution in [0.3, 0.4) is 0 Å². The van der Waals surface area contributed by atoms with Gasteiger partial charge in [-0.1, -0.05) is 27.2 Å². The molecule has 0 N–H and O–H groups in total. The third-order valence-corrected chi connectivity index (χ3v) is 9.52. The van der Waals surface area contributed by atoms with Gasteiger partial charge in [-0.2, -0.15) is 0 Å². The molecule has 3 nitrogen and oxygen atoms in total. The average Bonchev–Trinajstić information content (AvgIpc) is 2.43. The van der Waals surface area contributed by atoms with Gasteiger partial charge >= 0.3 is 8.56 Å². The van der Waals surface area contributed by atoms with Crippen molar-refractivity contribution in [3.05, 3.63) is 0 Å². The van der Waals surface area contributed by atoms with Gasteiger partial charge in [-0.15, -0.1) is 0 Å². The van der Waals surface area contributed by atoms with Crippen LogP contribution in [-0.2, 0) is 13.6 Å². The summed E-state index contributed by atoms with van der Waals surface area (Å²) in [5.41, 5.74) is 0. The van der Waals surface area contributed by atoms with Gasteiger partial charge in [0.25, 0.3) is 0 Å². The predicted molar refractivity (Wildman–Crippen MR) is 90.6 cm³/mol. The Balaban J connectivity index is 3.22. The molecule has 0 aromatic heterocycles. The highest BCUT2D eigenvalue weighted by atomic mass is 28.4. The number of rotatable bonds is 9. The monoisotopic (exact) mass is 316 g/mol. The van der Waals surface area contributed by atoms with E-state index in [2.05, 4.69) is 41.5 Å². The van der Waals surface area contributed by atoms with Gasteiger partial charge in [0, 0.05) is 19.8 Å². The van der Waals surface area contributed by atoms with Crippen LogP contribution in [0, 0.1) is 11.8 Å². The van der Waals surface area contributed by atoms with Gasteiger partial charge in [0.05, 0.1) is 0 Å². The molecule has 0 amide bonds. The Bertz CT molecular complexity index is 284. The Labute approximate surface area is 133 Å². The van der Waals surface area contributed by atoms with Gasteiger partial charge in [0.2, 0.25) is 0 Å². The molecule has 0 spiro atoms. The van der Waals surface area contributed by atoms with Crippen LogP contribution in [-0.4, -0.2) is 33.6 Å². The van der Waals surface area contributed by atoms with Crippen molar-refractivity contribution in [3.63, 3.8) is 0 Å². The molecule has 1 aliphatic rings. The van der Waals surface area contributed by atoms with Crippen LogP contribution in [0.25, 0.3) is 0 Å². The first kappa shape index (κ1) is 19.1. The number of hydrogen-bond acceptors (Lipinski definition) is 3. The molecular weight excluding hydrogens is 280 g/mol. The van der Waals surface area contributed by atoms with E-state index in [1.165, 1.54) is 19.3 Å². The van der Waals surface area contributed by atoms with E-state index in [-0.39, 0.29) is 5.22 Å². The third kappa shape index (κ3) is 3.90. The summed E-state index contributed by atoms with van der Waals surface area (Å²) in [5.74, 6) is 1.26. The molecule has 0 bridgehead atoms. The van der Waals surface area contributed by atoms with Gasteiger partial charge in [0.15, 0.2) is 0 Å². The minimum atomic E-state index is -2.34. The molecule has 4 heteroatoms. The van der Waals surface area contributed by atoms with Crippen LogP contribution in [0.1, 0.15) is 67.2 Å². The van der Waals surface area contributed by atoms with E-state index in [4.69, 9.17) is 13.6 Å². The molecule has 1 heterocycles. The maximum absolute atomic E-state index is 6.47. The Kier molecular flexibility index (Phi) is 7.89. The highest BCUT2D eigenvalue weighted by Gasteiger charge is 2.63. The van der Waals surface area contributed by atoms with Crippen molar-refractivity contribution in [2.75, 3.05) is 19.8 Å². The van der Waals surface area contributed by atoms with Gasteiger partial charge in [-0.25, -0.2) is 0 Å². The molecule has 2 atom stereocenters. The van der Waals surface area contributed by atoms with Crippen LogP contribution >= 0.6 is 0 Å². The minimum absolute atomic E-state index is 0.170. The summed E-state index contributed by atoms with van der Waals surface area (Å²) in [6.45, 7) is 15.4. The van der Waals surface area contributed by atoms with Crippen LogP contribution in [0.4, 0.5) is 0 Å². The minimum Gasteiger partial charge on any atom is -0.393 e. The third-order valence-electron chi connectivity index (χ3n) is 4.80. The molecule has 21 heavy (non-hydrogen) atoms. The fourth-order valence-corrected chi connectivity index (χ4v) is 8.93. The van der Waals surface area contributed by atoms with E-state index in [1.807, 2.05) is 0 Å². The second-order valence-corrected chi connectivity index (χ2v) is 9.94. The van der Waals surface area contributed by atoms with Crippen molar-refractivity contribution >= 4 is 8.56 Å². The maximum Gasteiger partial charge on any atom is 0.371 e. The van der Waals surface area contributed by atoms with Crippen molar-refractivity contribution in [3.8, 4) is 0 Å². The standard InChI is InChI=1S/C17H36O3Si/c1-7-17(18-8-2)16(14-15(5)6)12-11-13-21(17,19-9-3)20-10-4/h15-16H,7-14H2,1-6H3. The number of hydrogen-bond donors (Lipinski definition) is 0. The molecule has 1 saturated heterocycles. The van der Waals surface area contributed by atoms with E-state index in [0.717, 1.165) is 32.3 Å². The fraction of sp³-hybridized carbons (Fsp3) is 1.00. The molecule has 0 radical (unpaired) electrons. The molecule has 0 aromatic rings. The van der Waals surface area contributed by atoms with E-state index in [0.29, 0.717) is 11.8 Å². The van der Waals surface area contributed by atoms with Gasteiger partial charge < -0.3 is 13.6 Å². The molecule has 1 aliphatic heterocycles. The van der Waals surface area contributed by atoms with Crippen molar-refractivity contribution in [1.82, 2.24) is 0 Å². The number of ether oxygens (including phenoxy) is 1. The Morgan fingerprint density at radius 3 is 2.10 bits per heavy atom. The summed E-state index contributed by atoms with van der Waals surface area (Å²) >= 11 is 0. The molecule has 1 rings (SSSR count). The molecule has 2 unspecified atom stereocenters. The summed E-state index contributed by atoms with van der Waals surface area (Å²) in [4.78, 5) is 0. The van der Waals surface area contributed by atoms with E-state index in [1.54, 1.807) is 0 Å². The van der Waals surface area contributed by atoms with Crippen LogP contribution in [0.2, 0.25) is 6.04 Å². The second-order valence-electron chi connectivity index (χ2n) is 6.51. The zero-order chi connectivity index (χ0) is 15.9. The lowest BCUT2D eigenvalue weighted by molar-refractivity contribution is -0.0817. The lowest BCUT2D eigenvalue weighted by atomic mass is 9.86. The van der Waals surface area contributed by atoms with Crippen molar-refractivity contribution in [2.24, 2.45) is 11.8 Å². The van der Waals surface area contributed by atoms with Crippen LogP contribution < -0.4 is 0 Å². The average molecular weight is 317 g/mol. The summed E-state index contributed by atoms with van der Waals surface area (Å²) < 4.78 is 19.2. The summed E-state index contributed by atoms with van der Waals surface area (Å²) in [6, 6.07) is 1.08. The van der Waals surface area contributed by atoms with E-state index >= 15 is 0 Å². The fourth-order valence-electron chi connectivity index (χ4n) is 4.26. The topological polar surface area (TPSA) is 27.7 Å². The molecule has 0 aliphatic carbocycles. The van der Waals surface area contributed by atoms with Crippen molar-refractivity contribution < 1.29 is 13.6 Å². The molecule has 0 saturated carbocycles. The quantitative estimate of drug-likeness (QED) is 0.578. The molecule has 126 valence electrons. The molecule has 0 aromatic carbocycles. The second kappa shape index (κ2) is 8.66. The van der Waals surface area contributed by atoms with Crippen molar-refractivity contribution in [2.45, 2.75) is 78.5 Å². The zero-order valence-electron chi connectivity index (χ0n) is 15.0. The first-order valence-corrected chi connectivity index (χ1v) is 11.0. The first-order valence-electron chi connectivity index (χ1n) is 8.93. The smallest absolute Gasteiger partial charge is 0.371 e. The Hall–Kier alpha value is 0.0969. The lowest BCUT2D eigenvalue weighted by Crippen LogP contribution is -2.69. The Morgan fingerprint density at radius 2 is 1.67 bits per heavy atom. The van der Waals surface area contributed by atoms with E-state index < -0.39 is 8.56 Å². The summed E-state index contributed by atoms with van der Waals surface area (Å²) in [5, 5.41) is -0.170. The highest BCUT2D eigenvalue weighted by molar-refractivity contribution is 6.71. The summed E-state index contributed by atoms with van der Waals surface area (Å²) in [6.07, 6.45) is 4.69. The normalized spacial score (nSPS) is 29.0.